The zero-order valence-corrected chi connectivity index (χ0v) is 28.8. The van der Waals surface area contributed by atoms with Gasteiger partial charge in [-0.15, -0.1) is 0 Å². The highest BCUT2D eigenvalue weighted by atomic mass is 14.9. The highest BCUT2D eigenvalue weighted by molar-refractivity contribution is 6.14. The van der Waals surface area contributed by atoms with E-state index in [1.54, 1.807) is 0 Å². The first-order valence-electron chi connectivity index (χ1n) is 18.3. The maximum Gasteiger partial charge on any atom is 0.160 e. The number of fused-ring (bicyclic) bond motifs is 10. The average molecular weight is 665 g/mol. The first-order chi connectivity index (χ1) is 25.8. The van der Waals surface area contributed by atoms with Crippen LogP contribution in [0, 0.1) is 0 Å². The van der Waals surface area contributed by atoms with Crippen molar-refractivity contribution in [3.63, 3.8) is 0 Å². The van der Waals surface area contributed by atoms with Crippen LogP contribution in [0.15, 0.2) is 192 Å². The average Bonchev–Trinajstić information content (AvgIpc) is 3.73. The van der Waals surface area contributed by atoms with Gasteiger partial charge in [-0.1, -0.05) is 176 Å². The van der Waals surface area contributed by atoms with Gasteiger partial charge < -0.3 is 0 Å². The second-order valence-corrected chi connectivity index (χ2v) is 13.9. The van der Waals surface area contributed by atoms with E-state index in [0.717, 1.165) is 53.2 Å². The van der Waals surface area contributed by atoms with Crippen molar-refractivity contribution in [2.75, 3.05) is 0 Å². The molecule has 0 aromatic heterocycles. The predicted molar refractivity (Wildman–Crippen MR) is 216 cm³/mol. The molecule has 0 fully saturated rings. The largest absolute Gasteiger partial charge is 0.233 e. The van der Waals surface area contributed by atoms with Crippen molar-refractivity contribution >= 4 is 17.2 Å². The molecule has 0 saturated carbocycles. The van der Waals surface area contributed by atoms with Crippen LogP contribution in [0.2, 0.25) is 0 Å². The van der Waals surface area contributed by atoms with Gasteiger partial charge in [-0.3, -0.25) is 0 Å². The van der Waals surface area contributed by atoms with Gasteiger partial charge in [0.2, 0.25) is 0 Å². The molecule has 52 heavy (non-hydrogen) atoms. The Bertz CT molecular complexity index is 2540. The number of aliphatic imine (C=N–C) groups is 2. The lowest BCUT2D eigenvalue weighted by Gasteiger charge is -2.30. The number of hydrogen-bond donors (Lipinski definition) is 0. The van der Waals surface area contributed by atoms with Crippen molar-refractivity contribution in [2.24, 2.45) is 9.98 Å². The lowest BCUT2D eigenvalue weighted by Crippen LogP contribution is -2.25. The number of hydrogen-bond acceptors (Lipinski definition) is 2. The van der Waals surface area contributed by atoms with Crippen molar-refractivity contribution in [3.05, 3.63) is 221 Å². The number of nitrogens with zero attached hydrogens (tertiary/aromatic N) is 2. The number of allylic oxidation sites excluding steroid dienone is 1. The molecule has 7 aromatic rings. The maximum atomic E-state index is 5.39. The molecule has 2 aliphatic carbocycles. The van der Waals surface area contributed by atoms with E-state index in [4.69, 9.17) is 9.98 Å². The minimum absolute atomic E-state index is 0.362. The van der Waals surface area contributed by atoms with Gasteiger partial charge in [0.05, 0.1) is 16.8 Å². The molecule has 7 aromatic carbocycles. The van der Waals surface area contributed by atoms with Crippen LogP contribution in [0.5, 0.6) is 0 Å². The third kappa shape index (κ3) is 4.72. The molecular weight excluding hydrogens is 629 g/mol. The van der Waals surface area contributed by atoms with E-state index < -0.39 is 0 Å². The van der Waals surface area contributed by atoms with Gasteiger partial charge in [0.1, 0.15) is 0 Å². The Morgan fingerprint density at radius 1 is 0.404 bits per heavy atom. The molecule has 1 aliphatic heterocycles. The molecule has 1 spiro atoms. The maximum absolute atomic E-state index is 5.39. The normalized spacial score (nSPS) is 15.2. The Labute approximate surface area is 305 Å². The quantitative estimate of drug-likeness (QED) is 0.179. The minimum Gasteiger partial charge on any atom is -0.233 e. The highest BCUT2D eigenvalue weighted by Crippen LogP contribution is 2.63. The van der Waals surface area contributed by atoms with Crippen molar-refractivity contribution in [2.45, 2.75) is 24.7 Å². The Hall–Kier alpha value is -6.38. The topological polar surface area (TPSA) is 24.7 Å². The SMILES string of the molecule is C1=C(c2ccccc2)N=C(c2ccccc2)N=C(c2cccc(-c3cccc4c3-c3ccccc3C43c4ccccc4-c4ccccc43)c2)CCC1. The van der Waals surface area contributed by atoms with Crippen molar-refractivity contribution in [1.29, 1.82) is 0 Å². The van der Waals surface area contributed by atoms with E-state index in [2.05, 4.69) is 176 Å². The molecule has 1 heterocycles. The molecule has 0 radical (unpaired) electrons. The lowest BCUT2D eigenvalue weighted by atomic mass is 9.70. The Morgan fingerprint density at radius 3 is 1.63 bits per heavy atom. The fourth-order valence-corrected chi connectivity index (χ4v) is 8.84. The van der Waals surface area contributed by atoms with Crippen LogP contribution in [-0.4, -0.2) is 11.5 Å². The van der Waals surface area contributed by atoms with Crippen LogP contribution in [0.3, 0.4) is 0 Å². The van der Waals surface area contributed by atoms with Gasteiger partial charge in [0, 0.05) is 5.56 Å². The van der Waals surface area contributed by atoms with E-state index in [-0.39, 0.29) is 5.41 Å². The fraction of sp³-hybridized carbons (Fsp3) is 0.0800. The van der Waals surface area contributed by atoms with E-state index in [0.29, 0.717) is 0 Å². The summed E-state index contributed by atoms with van der Waals surface area (Å²) >= 11 is 0. The first kappa shape index (κ1) is 30.4. The van der Waals surface area contributed by atoms with Gasteiger partial charge in [0.25, 0.3) is 0 Å². The lowest BCUT2D eigenvalue weighted by molar-refractivity contribution is 0.794. The number of rotatable bonds is 4. The Morgan fingerprint density at radius 2 is 0.923 bits per heavy atom. The van der Waals surface area contributed by atoms with Gasteiger partial charge in [-0.2, -0.15) is 0 Å². The van der Waals surface area contributed by atoms with Crippen LogP contribution in [0.25, 0.3) is 39.1 Å². The van der Waals surface area contributed by atoms with Crippen LogP contribution >= 0.6 is 0 Å². The van der Waals surface area contributed by atoms with Crippen LogP contribution in [-0.2, 0) is 5.41 Å². The summed E-state index contributed by atoms with van der Waals surface area (Å²) in [7, 11) is 0. The third-order valence-corrected chi connectivity index (χ3v) is 11.1. The van der Waals surface area contributed by atoms with Gasteiger partial charge in [0.15, 0.2) is 5.84 Å². The first-order valence-corrected chi connectivity index (χ1v) is 18.3. The molecule has 2 nitrogen and oxygen atoms in total. The summed E-state index contributed by atoms with van der Waals surface area (Å²) in [6.07, 6.45) is 5.06. The third-order valence-electron chi connectivity index (χ3n) is 11.1. The molecule has 0 amide bonds. The highest BCUT2D eigenvalue weighted by Gasteiger charge is 2.51. The molecule has 0 bridgehead atoms. The molecule has 246 valence electrons. The molecule has 0 saturated heterocycles. The van der Waals surface area contributed by atoms with Crippen LogP contribution < -0.4 is 0 Å². The predicted octanol–water partition coefficient (Wildman–Crippen LogP) is 12.2. The molecule has 3 aliphatic rings. The second kappa shape index (κ2) is 12.4. The van der Waals surface area contributed by atoms with E-state index in [1.165, 1.54) is 55.6 Å². The minimum atomic E-state index is -0.362. The molecular formula is C50H36N2. The van der Waals surface area contributed by atoms with E-state index in [1.807, 2.05) is 6.07 Å². The zero-order valence-electron chi connectivity index (χ0n) is 28.8. The van der Waals surface area contributed by atoms with Gasteiger partial charge in [-0.25, -0.2) is 9.98 Å². The summed E-state index contributed by atoms with van der Waals surface area (Å²) in [4.78, 5) is 10.6. The molecule has 2 heteroatoms. The van der Waals surface area contributed by atoms with Crippen LogP contribution in [0.1, 0.15) is 58.2 Å². The molecule has 10 rings (SSSR count). The van der Waals surface area contributed by atoms with Crippen molar-refractivity contribution in [1.82, 2.24) is 0 Å². The van der Waals surface area contributed by atoms with Gasteiger partial charge in [-0.05, 0) is 92.1 Å². The molecule has 0 atom stereocenters. The second-order valence-electron chi connectivity index (χ2n) is 13.9. The molecule has 0 N–H and O–H groups in total. The van der Waals surface area contributed by atoms with Crippen LogP contribution in [0.4, 0.5) is 0 Å². The summed E-state index contributed by atoms with van der Waals surface area (Å²) in [5.41, 5.74) is 18.1. The number of amidine groups is 1. The van der Waals surface area contributed by atoms with E-state index >= 15 is 0 Å². The molecule has 0 unspecified atom stereocenters. The summed E-state index contributed by atoms with van der Waals surface area (Å²) in [6.45, 7) is 0. The standard InChI is InChI=1S/C50H36N2/c1-3-17-34(18-4-1)46-31-13-14-32-47(52-49(51-46)35-19-5-2-6-20-35)37-22-15-21-36(33-37)38-26-16-30-45-48(38)41-25-9-12-29-44(41)50(45)42-27-10-7-23-39(42)40-24-8-11-28-43(40)50/h1-12,15-31,33H,13-14,32H2. The zero-order chi connectivity index (χ0) is 34.5. The summed E-state index contributed by atoms with van der Waals surface area (Å²) < 4.78 is 0. The Balaban J connectivity index is 1.14. The van der Waals surface area contributed by atoms with Crippen molar-refractivity contribution in [3.8, 4) is 33.4 Å². The number of benzene rings is 7. The fourth-order valence-electron chi connectivity index (χ4n) is 8.84. The Kier molecular flexibility index (Phi) is 7.28. The summed E-state index contributed by atoms with van der Waals surface area (Å²) in [5.74, 6) is 0.744. The van der Waals surface area contributed by atoms with E-state index in [9.17, 15) is 0 Å². The van der Waals surface area contributed by atoms with Gasteiger partial charge >= 0.3 is 0 Å². The summed E-state index contributed by atoms with van der Waals surface area (Å²) in [6, 6.07) is 63.9. The monoisotopic (exact) mass is 664 g/mol. The smallest absolute Gasteiger partial charge is 0.160 e. The van der Waals surface area contributed by atoms with Crippen molar-refractivity contribution < 1.29 is 0 Å². The summed E-state index contributed by atoms with van der Waals surface area (Å²) in [5, 5.41) is 0.